The monoisotopic (exact) mass is 379 g/mol. The Bertz CT molecular complexity index is 849. The van der Waals surface area contributed by atoms with Crippen molar-refractivity contribution >= 4 is 11.8 Å². The predicted molar refractivity (Wildman–Crippen MR) is 105 cm³/mol. The van der Waals surface area contributed by atoms with Crippen LogP contribution >= 0.6 is 0 Å². The molecule has 2 amide bonds. The molecule has 4 rings (SSSR count). The molecule has 0 bridgehead atoms. The van der Waals surface area contributed by atoms with Crippen molar-refractivity contribution in [3.8, 4) is 11.1 Å². The van der Waals surface area contributed by atoms with Gasteiger partial charge in [-0.3, -0.25) is 14.6 Å². The van der Waals surface area contributed by atoms with E-state index >= 15 is 0 Å². The van der Waals surface area contributed by atoms with Crippen LogP contribution in [0.1, 0.15) is 31.2 Å². The Morgan fingerprint density at radius 2 is 1.89 bits per heavy atom. The van der Waals surface area contributed by atoms with Crippen molar-refractivity contribution in [1.29, 1.82) is 0 Å². The van der Waals surface area contributed by atoms with E-state index in [0.29, 0.717) is 6.54 Å². The smallest absolute Gasteiger partial charge is 0.223 e. The number of aliphatic hydroxyl groups excluding tert-OH is 1. The maximum absolute atomic E-state index is 12.1. The second kappa shape index (κ2) is 7.72. The Balaban J connectivity index is 1.54. The van der Waals surface area contributed by atoms with E-state index in [-0.39, 0.29) is 42.3 Å². The molecule has 0 radical (unpaired) electrons. The van der Waals surface area contributed by atoms with Crippen LogP contribution in [0.5, 0.6) is 0 Å². The molecule has 0 spiro atoms. The third-order valence-corrected chi connectivity index (χ3v) is 5.82. The molecule has 2 N–H and O–H groups in total. The fourth-order valence-corrected chi connectivity index (χ4v) is 4.21. The first kappa shape index (κ1) is 18.6. The van der Waals surface area contributed by atoms with E-state index < -0.39 is 0 Å². The van der Waals surface area contributed by atoms with Crippen molar-refractivity contribution in [3.63, 3.8) is 0 Å². The number of nitrogens with one attached hydrogen (secondary N) is 1. The van der Waals surface area contributed by atoms with E-state index in [9.17, 15) is 14.7 Å². The molecule has 0 unspecified atom stereocenters. The van der Waals surface area contributed by atoms with Crippen LogP contribution in [0.15, 0.2) is 48.8 Å². The van der Waals surface area contributed by atoms with Gasteiger partial charge in [0.05, 0.1) is 18.7 Å². The van der Waals surface area contributed by atoms with Gasteiger partial charge in [-0.25, -0.2) is 0 Å². The van der Waals surface area contributed by atoms with Gasteiger partial charge in [0.2, 0.25) is 11.8 Å². The zero-order valence-electron chi connectivity index (χ0n) is 15.9. The van der Waals surface area contributed by atoms with Crippen molar-refractivity contribution in [1.82, 2.24) is 15.2 Å². The second-order valence-electron chi connectivity index (χ2n) is 7.65. The van der Waals surface area contributed by atoms with E-state index in [2.05, 4.69) is 10.3 Å². The highest BCUT2D eigenvalue weighted by Gasteiger charge is 2.50. The first-order valence-corrected chi connectivity index (χ1v) is 9.78. The molecule has 6 nitrogen and oxygen atoms in total. The number of nitrogens with zero attached hydrogens (tertiary/aromatic N) is 2. The zero-order chi connectivity index (χ0) is 19.7. The van der Waals surface area contributed by atoms with Crippen molar-refractivity contribution in [2.24, 2.45) is 5.92 Å². The summed E-state index contributed by atoms with van der Waals surface area (Å²) in [5.74, 6) is 0.127. The summed E-state index contributed by atoms with van der Waals surface area (Å²) < 4.78 is 0. The van der Waals surface area contributed by atoms with Crippen LogP contribution in [0.4, 0.5) is 0 Å². The van der Waals surface area contributed by atoms with Crippen LogP contribution < -0.4 is 5.32 Å². The number of carbonyl (C=O) groups excluding carboxylic acids is 2. The van der Waals surface area contributed by atoms with Gasteiger partial charge >= 0.3 is 0 Å². The summed E-state index contributed by atoms with van der Waals surface area (Å²) in [5.41, 5.74) is 3.17. The largest absolute Gasteiger partial charge is 0.394 e. The minimum atomic E-state index is -0.260. The lowest BCUT2D eigenvalue weighted by molar-refractivity contribution is -0.148. The Labute approximate surface area is 164 Å². The quantitative estimate of drug-likeness (QED) is 0.804. The summed E-state index contributed by atoms with van der Waals surface area (Å²) in [6.45, 7) is 1.84. The summed E-state index contributed by atoms with van der Waals surface area (Å²) in [5, 5.41) is 12.9. The normalized spacial score (nSPS) is 23.8. The lowest BCUT2D eigenvalue weighted by Crippen LogP contribution is -2.68. The third kappa shape index (κ3) is 3.52. The fourth-order valence-electron chi connectivity index (χ4n) is 4.21. The van der Waals surface area contributed by atoms with Gasteiger partial charge in [-0.05, 0) is 35.6 Å². The van der Waals surface area contributed by atoms with Gasteiger partial charge in [0.25, 0.3) is 0 Å². The topological polar surface area (TPSA) is 82.5 Å². The van der Waals surface area contributed by atoms with Gasteiger partial charge in [-0.1, -0.05) is 30.3 Å². The zero-order valence-corrected chi connectivity index (χ0v) is 15.9. The van der Waals surface area contributed by atoms with Gasteiger partial charge < -0.3 is 15.3 Å². The lowest BCUT2D eigenvalue weighted by atomic mass is 9.74. The Morgan fingerprint density at radius 1 is 1.14 bits per heavy atom. The Hall–Kier alpha value is -2.73. The van der Waals surface area contributed by atoms with Gasteiger partial charge in [0.15, 0.2) is 0 Å². The number of hydrogen-bond donors (Lipinski definition) is 2. The maximum atomic E-state index is 12.1. The summed E-state index contributed by atoms with van der Waals surface area (Å²) in [6.07, 6.45) is 5.47. The van der Waals surface area contributed by atoms with Crippen LogP contribution in [-0.4, -0.2) is 52.0 Å². The molecule has 1 aliphatic heterocycles. The third-order valence-electron chi connectivity index (χ3n) is 5.82. The standard InChI is InChI=1S/C22H25N3O3/c1-14(27)25-19(12-24-22(28)17-8-9-17)21(20(25)13-26)16-6-4-15(5-7-16)18-3-2-10-23-11-18/h2-7,10-11,17,19-21,26H,8-9,12-13H2,1H3,(H,24,28)/t19-,20-,21-/m1/s1. The SMILES string of the molecule is CC(=O)N1[C@H](CO)[C@H](c2ccc(-c3cccnc3)cc2)[C@H]1CNC(=O)C1CC1. The molecule has 6 heteroatoms. The molecule has 1 aromatic carbocycles. The van der Waals surface area contributed by atoms with Gasteiger partial charge in [-0.15, -0.1) is 0 Å². The molecule has 2 aliphatic rings. The highest BCUT2D eigenvalue weighted by molar-refractivity contribution is 5.81. The van der Waals surface area contributed by atoms with Crippen molar-refractivity contribution < 1.29 is 14.7 Å². The van der Waals surface area contributed by atoms with Crippen LogP contribution in [0.25, 0.3) is 11.1 Å². The van der Waals surface area contributed by atoms with E-state index in [0.717, 1.165) is 29.5 Å². The summed E-state index contributed by atoms with van der Waals surface area (Å²) in [6, 6.07) is 11.7. The number of aromatic nitrogens is 1. The molecule has 2 aromatic rings. The number of hydrogen-bond acceptors (Lipinski definition) is 4. The molecule has 1 aliphatic carbocycles. The van der Waals surface area contributed by atoms with Crippen LogP contribution in [0.3, 0.4) is 0 Å². The molecule has 3 atom stereocenters. The summed E-state index contributed by atoms with van der Waals surface area (Å²) >= 11 is 0. The number of benzene rings is 1. The maximum Gasteiger partial charge on any atom is 0.223 e. The molecule has 2 fully saturated rings. The number of aliphatic hydroxyl groups is 1. The summed E-state index contributed by atoms with van der Waals surface area (Å²) in [7, 11) is 0. The van der Waals surface area contributed by atoms with Crippen molar-refractivity contribution in [2.45, 2.75) is 37.8 Å². The van der Waals surface area contributed by atoms with Crippen LogP contribution in [-0.2, 0) is 9.59 Å². The van der Waals surface area contributed by atoms with Crippen LogP contribution in [0, 0.1) is 5.92 Å². The predicted octanol–water partition coefficient (Wildman–Crippen LogP) is 1.95. The molecular weight excluding hydrogens is 354 g/mol. The Morgan fingerprint density at radius 3 is 2.46 bits per heavy atom. The van der Waals surface area contributed by atoms with Crippen molar-refractivity contribution in [3.05, 3.63) is 54.4 Å². The molecular formula is C22H25N3O3. The molecule has 1 aromatic heterocycles. The number of pyridine rings is 1. The van der Waals surface area contributed by atoms with Crippen LogP contribution in [0.2, 0.25) is 0 Å². The molecule has 2 heterocycles. The number of amides is 2. The molecule has 1 saturated carbocycles. The van der Waals surface area contributed by atoms with Gasteiger partial charge in [0.1, 0.15) is 0 Å². The van der Waals surface area contributed by atoms with Crippen molar-refractivity contribution in [2.75, 3.05) is 13.2 Å². The fraction of sp³-hybridized carbons (Fsp3) is 0.409. The second-order valence-corrected chi connectivity index (χ2v) is 7.65. The Kier molecular flexibility index (Phi) is 5.13. The van der Waals surface area contributed by atoms with E-state index in [1.165, 1.54) is 6.92 Å². The lowest BCUT2D eigenvalue weighted by Gasteiger charge is -2.54. The first-order valence-electron chi connectivity index (χ1n) is 9.78. The summed E-state index contributed by atoms with van der Waals surface area (Å²) in [4.78, 5) is 30.0. The average molecular weight is 379 g/mol. The minimum absolute atomic E-state index is 0.00338. The molecule has 28 heavy (non-hydrogen) atoms. The molecule has 146 valence electrons. The van der Waals surface area contributed by atoms with Gasteiger partial charge in [0, 0.05) is 37.7 Å². The highest BCUT2D eigenvalue weighted by atomic mass is 16.3. The molecule has 1 saturated heterocycles. The minimum Gasteiger partial charge on any atom is -0.394 e. The highest BCUT2D eigenvalue weighted by Crippen LogP contribution is 2.41. The van der Waals surface area contributed by atoms with E-state index in [1.807, 2.05) is 42.6 Å². The first-order chi connectivity index (χ1) is 13.6. The average Bonchev–Trinajstić information content (AvgIpc) is 3.53. The number of rotatable bonds is 6. The number of likely N-dealkylation sites (tertiary alicyclic amines) is 1. The van der Waals surface area contributed by atoms with E-state index in [1.54, 1.807) is 11.1 Å². The number of carbonyl (C=O) groups is 2. The van der Waals surface area contributed by atoms with Gasteiger partial charge in [-0.2, -0.15) is 0 Å². The van der Waals surface area contributed by atoms with E-state index in [4.69, 9.17) is 0 Å².